The number of unbranched alkanes of at least 4 members (excludes halogenated alkanes) is 1. The Morgan fingerprint density at radius 2 is 1.41 bits per heavy atom. The van der Waals surface area contributed by atoms with Crippen molar-refractivity contribution in [2.75, 3.05) is 0 Å². The maximum Gasteiger partial charge on any atom is 0.457 e. The number of rotatable bonds is 12. The van der Waals surface area contributed by atoms with E-state index < -0.39 is 11.1 Å². The molecule has 1 atom stereocenters. The van der Waals surface area contributed by atoms with Crippen molar-refractivity contribution in [3.05, 3.63) is 84.4 Å². The van der Waals surface area contributed by atoms with Crippen LogP contribution in [0.1, 0.15) is 91.7 Å². The van der Waals surface area contributed by atoms with Crippen molar-refractivity contribution in [1.82, 2.24) is 0 Å². The van der Waals surface area contributed by atoms with Crippen LogP contribution in [0.2, 0.25) is 6.32 Å². The summed E-state index contributed by atoms with van der Waals surface area (Å²) in [5, 5.41) is 0. The lowest BCUT2D eigenvalue weighted by atomic mass is 9.80. The highest BCUT2D eigenvalue weighted by Gasteiger charge is 2.50. The largest absolute Gasteiger partial charge is 0.458 e. The van der Waals surface area contributed by atoms with Crippen molar-refractivity contribution < 1.29 is 18.8 Å². The zero-order valence-corrected chi connectivity index (χ0v) is 25.0. The second-order valence-corrected chi connectivity index (χ2v) is 12.5. The summed E-state index contributed by atoms with van der Waals surface area (Å²) in [6.45, 7) is 17.9. The van der Waals surface area contributed by atoms with Crippen LogP contribution in [-0.2, 0) is 18.8 Å². The minimum Gasteiger partial charge on any atom is -0.458 e. The molecule has 0 amide bonds. The van der Waals surface area contributed by atoms with Gasteiger partial charge in [-0.25, -0.2) is 4.79 Å². The number of esters is 1. The van der Waals surface area contributed by atoms with E-state index in [2.05, 4.69) is 34.3 Å². The molecule has 6 heteroatoms. The minimum absolute atomic E-state index is 0.258. The molecule has 1 unspecified atom stereocenters. The fourth-order valence-electron chi connectivity index (χ4n) is 4.71. The van der Waals surface area contributed by atoms with Gasteiger partial charge in [0, 0.05) is 11.1 Å². The van der Waals surface area contributed by atoms with Gasteiger partial charge < -0.3 is 14.0 Å². The number of aliphatic imine (C=N–C) groups is 1. The first-order valence-corrected chi connectivity index (χ1v) is 14.2. The van der Waals surface area contributed by atoms with E-state index in [1.165, 1.54) is 0 Å². The van der Waals surface area contributed by atoms with Gasteiger partial charge in [0.2, 0.25) is 0 Å². The smallest absolute Gasteiger partial charge is 0.457 e. The number of nitrogens with zero attached hydrogens (tertiary/aromatic N) is 1. The third kappa shape index (κ3) is 8.15. The molecule has 5 nitrogen and oxygen atoms in total. The van der Waals surface area contributed by atoms with Gasteiger partial charge in [-0.2, -0.15) is 0 Å². The first-order valence-electron chi connectivity index (χ1n) is 14.2. The summed E-state index contributed by atoms with van der Waals surface area (Å²) >= 11 is 0. The van der Waals surface area contributed by atoms with Crippen molar-refractivity contribution in [3.63, 3.8) is 0 Å². The molecule has 39 heavy (non-hydrogen) atoms. The fraction of sp³-hybridized carbons (Fsp3) is 0.515. The Bertz CT molecular complexity index is 1060. The molecule has 0 aliphatic carbocycles. The van der Waals surface area contributed by atoms with Crippen LogP contribution in [0.3, 0.4) is 0 Å². The molecule has 0 aromatic heterocycles. The van der Waals surface area contributed by atoms with E-state index in [9.17, 15) is 4.79 Å². The summed E-state index contributed by atoms with van der Waals surface area (Å²) < 4.78 is 18.4. The number of hydrogen-bond acceptors (Lipinski definition) is 5. The lowest BCUT2D eigenvalue weighted by molar-refractivity contribution is -0.162. The summed E-state index contributed by atoms with van der Waals surface area (Å²) in [6, 6.07) is 20.1. The lowest BCUT2D eigenvalue weighted by Crippen LogP contribution is -2.43. The predicted molar refractivity (Wildman–Crippen MR) is 161 cm³/mol. The third-order valence-electron chi connectivity index (χ3n) is 7.54. The van der Waals surface area contributed by atoms with E-state index in [0.717, 1.165) is 36.0 Å². The molecule has 1 aliphatic rings. The molecule has 1 fully saturated rings. The van der Waals surface area contributed by atoms with Gasteiger partial charge in [0.05, 0.1) is 16.9 Å². The topological polar surface area (TPSA) is 57.1 Å². The first-order chi connectivity index (χ1) is 18.3. The van der Waals surface area contributed by atoms with Gasteiger partial charge in [0.25, 0.3) is 0 Å². The highest BCUT2D eigenvalue weighted by molar-refractivity contribution is 6.45. The average Bonchev–Trinajstić information content (AvgIpc) is 3.08. The molecule has 0 bridgehead atoms. The van der Waals surface area contributed by atoms with Gasteiger partial charge >= 0.3 is 13.1 Å². The van der Waals surface area contributed by atoms with E-state index >= 15 is 0 Å². The lowest BCUT2D eigenvalue weighted by Gasteiger charge is -2.32. The zero-order valence-electron chi connectivity index (χ0n) is 25.0. The Kier molecular flexibility index (Phi) is 10.0. The molecule has 2 aromatic rings. The van der Waals surface area contributed by atoms with Gasteiger partial charge in [-0.3, -0.25) is 4.99 Å². The predicted octanol–water partition coefficient (Wildman–Crippen LogP) is 7.83. The summed E-state index contributed by atoms with van der Waals surface area (Å²) in [4.78, 5) is 19.3. The highest BCUT2D eigenvalue weighted by atomic mass is 16.7. The number of allylic oxidation sites excluding steroid dienone is 1. The summed E-state index contributed by atoms with van der Waals surface area (Å²) in [6.07, 6.45) is 5.95. The maximum atomic E-state index is 14.0. The molecular weight excluding hydrogens is 485 g/mol. The van der Waals surface area contributed by atoms with Gasteiger partial charge in [-0.1, -0.05) is 79.6 Å². The van der Waals surface area contributed by atoms with Gasteiger partial charge in [0.15, 0.2) is 5.54 Å². The van der Waals surface area contributed by atoms with E-state index in [4.69, 9.17) is 19.0 Å². The monoisotopic (exact) mass is 531 g/mol. The van der Waals surface area contributed by atoms with Crippen molar-refractivity contribution in [3.8, 4) is 0 Å². The number of ether oxygens (including phenoxy) is 1. The highest BCUT2D eigenvalue weighted by Crippen LogP contribution is 2.39. The van der Waals surface area contributed by atoms with Crippen molar-refractivity contribution in [2.24, 2.45) is 4.99 Å². The molecule has 0 spiro atoms. The number of benzene rings is 2. The number of hydrogen-bond donors (Lipinski definition) is 0. The zero-order chi connectivity index (χ0) is 28.7. The van der Waals surface area contributed by atoms with E-state index in [1.807, 2.05) is 87.5 Å². The Morgan fingerprint density at radius 1 is 0.897 bits per heavy atom. The van der Waals surface area contributed by atoms with Crippen LogP contribution >= 0.6 is 0 Å². The molecule has 210 valence electrons. The van der Waals surface area contributed by atoms with Gasteiger partial charge in [-0.15, -0.1) is 6.58 Å². The normalized spacial score (nSPS) is 17.8. The van der Waals surface area contributed by atoms with Crippen LogP contribution in [0, 0.1) is 0 Å². The van der Waals surface area contributed by atoms with Crippen LogP contribution in [0.15, 0.2) is 78.3 Å². The Labute approximate surface area is 236 Å². The van der Waals surface area contributed by atoms with E-state index in [1.54, 1.807) is 0 Å². The second-order valence-electron chi connectivity index (χ2n) is 12.5. The Morgan fingerprint density at radius 3 is 1.87 bits per heavy atom. The maximum absolute atomic E-state index is 14.0. The van der Waals surface area contributed by atoms with Crippen molar-refractivity contribution in [1.29, 1.82) is 0 Å². The quantitative estimate of drug-likeness (QED) is 0.0921. The van der Waals surface area contributed by atoms with Crippen LogP contribution in [0.5, 0.6) is 0 Å². The molecule has 1 aliphatic heterocycles. The third-order valence-corrected chi connectivity index (χ3v) is 7.54. The molecular formula is C33H46BNO4. The van der Waals surface area contributed by atoms with Crippen LogP contribution in [0.25, 0.3) is 0 Å². The average molecular weight is 532 g/mol. The second kappa shape index (κ2) is 12.7. The Balaban J connectivity index is 1.96. The molecule has 1 saturated heterocycles. The summed E-state index contributed by atoms with van der Waals surface area (Å²) in [5.41, 5.74) is 0.322. The standard InChI is InChI=1S/C33H46BNO4/c1-9-10-23-33(29(36)37-30(2,3)4,24-17-18-25-34-38-31(5,6)32(7,8)39-34)35-28(26-19-13-11-14-20-26)27-21-15-12-16-22-27/h9,11-16,19-22H,1,10,17-18,23-25H2,2-8H3. The number of carbonyl (C=O) groups is 1. The molecule has 0 N–H and O–H groups in total. The van der Waals surface area contributed by atoms with E-state index in [0.29, 0.717) is 19.3 Å². The molecule has 0 radical (unpaired) electrons. The first kappa shape index (κ1) is 30.8. The molecule has 0 saturated carbocycles. The Hall–Kier alpha value is -2.70. The molecule has 3 rings (SSSR count). The summed E-state index contributed by atoms with van der Waals surface area (Å²) in [7, 11) is -0.258. The van der Waals surface area contributed by atoms with Crippen LogP contribution in [0.4, 0.5) is 0 Å². The van der Waals surface area contributed by atoms with Crippen molar-refractivity contribution >= 4 is 18.8 Å². The summed E-state index contributed by atoms with van der Waals surface area (Å²) in [5.74, 6) is -0.295. The minimum atomic E-state index is -1.06. The van der Waals surface area contributed by atoms with Crippen LogP contribution < -0.4 is 0 Å². The molecule has 2 aromatic carbocycles. The SMILES string of the molecule is C=CCCC(CCCCB1OC(C)(C)C(C)(C)O1)(N=C(c1ccccc1)c1ccccc1)C(=O)OC(C)(C)C. The van der Waals surface area contributed by atoms with Gasteiger partial charge in [0.1, 0.15) is 5.60 Å². The molecule has 1 heterocycles. The van der Waals surface area contributed by atoms with Crippen LogP contribution in [-0.4, -0.2) is 41.1 Å². The van der Waals surface area contributed by atoms with E-state index in [-0.39, 0.29) is 24.3 Å². The fourth-order valence-corrected chi connectivity index (χ4v) is 4.71. The number of carbonyl (C=O) groups excluding carboxylic acids is 1. The van der Waals surface area contributed by atoms with Gasteiger partial charge in [-0.05, 0) is 74.0 Å². The van der Waals surface area contributed by atoms with Crippen molar-refractivity contribution in [2.45, 2.75) is 109 Å².